The fourth-order valence-electron chi connectivity index (χ4n) is 5.52. The van der Waals surface area contributed by atoms with Crippen LogP contribution in [0.15, 0.2) is 36.4 Å². The van der Waals surface area contributed by atoms with Crippen molar-refractivity contribution in [3.8, 4) is 0 Å². The third kappa shape index (κ3) is 5.56. The second-order valence-electron chi connectivity index (χ2n) is 11.7. The van der Waals surface area contributed by atoms with Gasteiger partial charge in [0.15, 0.2) is 0 Å². The maximum absolute atomic E-state index is 15.2. The fourth-order valence-corrected chi connectivity index (χ4v) is 5.52. The summed E-state index contributed by atoms with van der Waals surface area (Å²) in [7, 11) is 0. The van der Waals surface area contributed by atoms with E-state index in [4.69, 9.17) is 0 Å². The van der Waals surface area contributed by atoms with Crippen molar-refractivity contribution in [3.05, 3.63) is 70.5 Å². The van der Waals surface area contributed by atoms with Gasteiger partial charge in [0.05, 0.1) is 5.56 Å². The van der Waals surface area contributed by atoms with Crippen molar-refractivity contribution in [2.45, 2.75) is 77.5 Å². The van der Waals surface area contributed by atoms with Crippen molar-refractivity contribution in [3.63, 3.8) is 0 Å². The van der Waals surface area contributed by atoms with E-state index < -0.39 is 64.4 Å². The lowest BCUT2D eigenvalue weighted by Crippen LogP contribution is -2.67. The minimum atomic E-state index is -1.82. The van der Waals surface area contributed by atoms with E-state index in [0.29, 0.717) is 25.0 Å². The summed E-state index contributed by atoms with van der Waals surface area (Å²) in [4.78, 5) is 42.4. The smallest absolute Gasteiger partial charge is 0.248 e. The number of amides is 3. The van der Waals surface area contributed by atoms with Crippen LogP contribution in [-0.2, 0) is 27.2 Å². The number of rotatable bonds is 6. The maximum Gasteiger partial charge on any atom is 0.248 e. The van der Waals surface area contributed by atoms with E-state index in [-0.39, 0.29) is 18.3 Å². The van der Waals surface area contributed by atoms with E-state index in [9.17, 15) is 18.8 Å². The van der Waals surface area contributed by atoms with Gasteiger partial charge < -0.3 is 15.5 Å². The molecule has 0 spiro atoms. The number of nitrogens with zero attached hydrogens (tertiary/aromatic N) is 1. The van der Waals surface area contributed by atoms with Crippen LogP contribution >= 0.6 is 0 Å². The van der Waals surface area contributed by atoms with Crippen LogP contribution in [0.3, 0.4) is 0 Å². The fraction of sp³-hybridized carbons (Fsp3) is 0.483. The van der Waals surface area contributed by atoms with Gasteiger partial charge in [0.25, 0.3) is 0 Å². The van der Waals surface area contributed by atoms with E-state index in [1.807, 2.05) is 38.1 Å². The number of fused-ring (bicyclic) bond motifs is 1. The third-order valence-electron chi connectivity index (χ3n) is 7.05. The summed E-state index contributed by atoms with van der Waals surface area (Å²) >= 11 is 0. The Balaban J connectivity index is 1.83. The lowest BCUT2D eigenvalue weighted by Gasteiger charge is -2.45. The SMILES string of the molecule is CC(C)CC1C(=O)NC(C2Cc3ccccc3C2)C(=O)N1C(C(=O)NC(C)(C)C)c1c(F)cc(F)cc1F. The summed E-state index contributed by atoms with van der Waals surface area (Å²) < 4.78 is 44.2. The standard InChI is InChI=1S/C29H34F3N3O3/c1-15(2)10-22-26(36)33-24(18-11-16-8-6-7-9-17(16)12-18)28(38)35(22)25(27(37)34-29(3,4)5)23-20(31)13-19(30)14-21(23)32/h6-9,13-15,18,22,24-25H,10-12H2,1-5H3,(H,33,36)(H,34,37). The highest BCUT2D eigenvalue weighted by Gasteiger charge is 2.50. The first-order chi connectivity index (χ1) is 17.8. The van der Waals surface area contributed by atoms with Gasteiger partial charge in [-0.15, -0.1) is 0 Å². The lowest BCUT2D eigenvalue weighted by atomic mass is 9.87. The van der Waals surface area contributed by atoms with Crippen LogP contribution in [0.25, 0.3) is 0 Å². The zero-order chi connectivity index (χ0) is 27.9. The van der Waals surface area contributed by atoms with Crippen molar-refractivity contribution < 1.29 is 27.6 Å². The highest BCUT2D eigenvalue weighted by atomic mass is 19.1. The topological polar surface area (TPSA) is 78.5 Å². The van der Waals surface area contributed by atoms with E-state index in [1.54, 1.807) is 20.8 Å². The Morgan fingerprint density at radius 2 is 1.61 bits per heavy atom. The second kappa shape index (κ2) is 10.4. The molecule has 3 unspecified atom stereocenters. The summed E-state index contributed by atoms with van der Waals surface area (Å²) in [6, 6.07) is 4.74. The van der Waals surface area contributed by atoms with Crippen LogP contribution < -0.4 is 10.6 Å². The molecule has 1 saturated heterocycles. The molecule has 2 aliphatic rings. The predicted molar refractivity (Wildman–Crippen MR) is 136 cm³/mol. The number of piperazine rings is 1. The Hall–Kier alpha value is -3.36. The molecule has 3 atom stereocenters. The van der Waals surface area contributed by atoms with Gasteiger partial charge in [-0.1, -0.05) is 38.1 Å². The molecule has 2 aromatic carbocycles. The highest BCUT2D eigenvalue weighted by molar-refractivity contribution is 6.00. The molecular formula is C29H34F3N3O3. The van der Waals surface area contributed by atoms with Gasteiger partial charge in [0.1, 0.15) is 35.6 Å². The number of carbonyl (C=O) groups is 3. The lowest BCUT2D eigenvalue weighted by molar-refractivity contribution is -0.158. The van der Waals surface area contributed by atoms with Gasteiger partial charge in [0.2, 0.25) is 17.7 Å². The molecule has 38 heavy (non-hydrogen) atoms. The largest absolute Gasteiger partial charge is 0.349 e. The Kier molecular flexibility index (Phi) is 7.59. The minimum Gasteiger partial charge on any atom is -0.349 e. The molecule has 2 N–H and O–H groups in total. The van der Waals surface area contributed by atoms with E-state index in [0.717, 1.165) is 16.0 Å². The second-order valence-corrected chi connectivity index (χ2v) is 11.7. The van der Waals surface area contributed by atoms with Gasteiger partial charge in [-0.25, -0.2) is 13.2 Å². The van der Waals surface area contributed by atoms with E-state index in [2.05, 4.69) is 10.6 Å². The molecule has 204 valence electrons. The molecule has 0 radical (unpaired) electrons. The highest BCUT2D eigenvalue weighted by Crippen LogP contribution is 2.37. The van der Waals surface area contributed by atoms with Gasteiger partial charge in [-0.2, -0.15) is 0 Å². The minimum absolute atomic E-state index is 0.0809. The summed E-state index contributed by atoms with van der Waals surface area (Å²) in [5, 5.41) is 5.55. The van der Waals surface area contributed by atoms with Crippen molar-refractivity contribution in [2.24, 2.45) is 11.8 Å². The molecule has 1 aliphatic heterocycles. The molecule has 0 bridgehead atoms. The van der Waals surface area contributed by atoms with Gasteiger partial charge >= 0.3 is 0 Å². The Labute approximate surface area is 221 Å². The Morgan fingerprint density at radius 3 is 2.11 bits per heavy atom. The van der Waals surface area contributed by atoms with Crippen molar-refractivity contribution in [1.29, 1.82) is 0 Å². The summed E-state index contributed by atoms with van der Waals surface area (Å²) in [6.45, 7) is 8.76. The summed E-state index contributed by atoms with van der Waals surface area (Å²) in [5.41, 5.74) is 0.545. The molecule has 1 aliphatic carbocycles. The molecule has 9 heteroatoms. The maximum atomic E-state index is 15.2. The Bertz CT molecular complexity index is 1210. The number of benzene rings is 2. The zero-order valence-electron chi connectivity index (χ0n) is 22.3. The first-order valence-corrected chi connectivity index (χ1v) is 12.9. The quantitative estimate of drug-likeness (QED) is 0.589. The van der Waals surface area contributed by atoms with Crippen LogP contribution in [0.5, 0.6) is 0 Å². The molecule has 3 amide bonds. The summed E-state index contributed by atoms with van der Waals surface area (Å²) in [5.74, 6) is -6.06. The van der Waals surface area contributed by atoms with Crippen LogP contribution in [0, 0.1) is 29.3 Å². The first-order valence-electron chi connectivity index (χ1n) is 12.9. The molecular weight excluding hydrogens is 495 g/mol. The number of hydrogen-bond donors (Lipinski definition) is 2. The summed E-state index contributed by atoms with van der Waals surface area (Å²) in [6.07, 6.45) is 1.24. The van der Waals surface area contributed by atoms with Crippen LogP contribution in [0.1, 0.15) is 63.8 Å². The third-order valence-corrected chi connectivity index (χ3v) is 7.05. The normalized spacial score (nSPS) is 20.9. The monoisotopic (exact) mass is 529 g/mol. The van der Waals surface area contributed by atoms with E-state index >= 15 is 8.78 Å². The van der Waals surface area contributed by atoms with Crippen molar-refractivity contribution in [1.82, 2.24) is 15.5 Å². The molecule has 4 rings (SSSR count). The number of nitrogens with one attached hydrogen (secondary N) is 2. The molecule has 0 aromatic heterocycles. The van der Waals surface area contributed by atoms with Gasteiger partial charge in [-0.3, -0.25) is 14.4 Å². The first kappa shape index (κ1) is 27.7. The van der Waals surface area contributed by atoms with Gasteiger partial charge in [-0.05, 0) is 63.0 Å². The number of carbonyl (C=O) groups excluding carboxylic acids is 3. The van der Waals surface area contributed by atoms with Crippen LogP contribution in [-0.4, -0.2) is 40.2 Å². The zero-order valence-corrected chi connectivity index (χ0v) is 22.3. The average molecular weight is 530 g/mol. The van der Waals surface area contributed by atoms with E-state index in [1.165, 1.54) is 0 Å². The number of hydrogen-bond acceptors (Lipinski definition) is 3. The Morgan fingerprint density at radius 1 is 1.05 bits per heavy atom. The van der Waals surface area contributed by atoms with Crippen LogP contribution in [0.4, 0.5) is 13.2 Å². The molecule has 2 aromatic rings. The van der Waals surface area contributed by atoms with Crippen molar-refractivity contribution >= 4 is 17.7 Å². The van der Waals surface area contributed by atoms with Crippen LogP contribution in [0.2, 0.25) is 0 Å². The molecule has 1 fully saturated rings. The molecule has 0 saturated carbocycles. The average Bonchev–Trinajstić information content (AvgIpc) is 3.22. The predicted octanol–water partition coefficient (Wildman–Crippen LogP) is 4.22. The van der Waals surface area contributed by atoms with Crippen molar-refractivity contribution in [2.75, 3.05) is 0 Å². The molecule has 6 nitrogen and oxygen atoms in total. The number of halogens is 3. The molecule has 1 heterocycles. The van der Waals surface area contributed by atoms with Gasteiger partial charge in [0, 0.05) is 17.7 Å².